The van der Waals surface area contributed by atoms with E-state index in [0.29, 0.717) is 0 Å². The molecule has 0 aliphatic carbocycles. The lowest BCUT2D eigenvalue weighted by molar-refractivity contribution is 0.595. The fourth-order valence-corrected chi connectivity index (χ4v) is 5.12. The molecule has 5 heteroatoms. The third-order valence-corrected chi connectivity index (χ3v) is 5.93. The van der Waals surface area contributed by atoms with Crippen molar-refractivity contribution in [1.29, 1.82) is 0 Å². The molecular weight excluding hydrogens is 302 g/mol. The van der Waals surface area contributed by atoms with Gasteiger partial charge >= 0.3 is 0 Å². The number of aromatic nitrogens is 1. The molecule has 0 bridgehead atoms. The van der Waals surface area contributed by atoms with Crippen LogP contribution in [0.1, 0.15) is 5.56 Å². The third-order valence-electron chi connectivity index (χ3n) is 3.78. The van der Waals surface area contributed by atoms with E-state index in [1.807, 2.05) is 48.5 Å². The topological polar surface area (TPSA) is 39.1 Å². The summed E-state index contributed by atoms with van der Waals surface area (Å²) < 4.78 is 26.2. The lowest BCUT2D eigenvalue weighted by Gasteiger charge is -2.18. The first-order chi connectivity index (χ1) is 10.1. The number of para-hydroxylation sites is 1. The highest BCUT2D eigenvalue weighted by Gasteiger charge is 2.27. The Morgan fingerprint density at radius 3 is 2.57 bits per heavy atom. The van der Waals surface area contributed by atoms with Crippen LogP contribution in [0.15, 0.2) is 53.4 Å². The first-order valence-corrected chi connectivity index (χ1v) is 9.46. The van der Waals surface area contributed by atoms with E-state index in [4.69, 9.17) is 0 Å². The van der Waals surface area contributed by atoms with E-state index in [1.54, 1.807) is 11.8 Å². The van der Waals surface area contributed by atoms with Crippen molar-refractivity contribution in [3.63, 3.8) is 0 Å². The van der Waals surface area contributed by atoms with Gasteiger partial charge in [0.25, 0.3) is 0 Å². The van der Waals surface area contributed by atoms with Gasteiger partial charge in [0.15, 0.2) is 0 Å². The first-order valence-electron chi connectivity index (χ1n) is 6.62. The zero-order chi connectivity index (χ0) is 14.6. The predicted octanol–water partition coefficient (Wildman–Crippen LogP) is 3.72. The second kappa shape index (κ2) is 4.39. The van der Waals surface area contributed by atoms with Crippen molar-refractivity contribution in [2.45, 2.75) is 10.6 Å². The van der Waals surface area contributed by atoms with Gasteiger partial charge in [0, 0.05) is 21.6 Å². The molecule has 1 aliphatic heterocycles. The van der Waals surface area contributed by atoms with Gasteiger partial charge in [0.1, 0.15) is 0 Å². The van der Waals surface area contributed by atoms with Gasteiger partial charge < -0.3 is 0 Å². The molecule has 0 saturated carbocycles. The maximum atomic E-state index is 12.3. The number of hydrogen-bond donors (Lipinski definition) is 0. The molecule has 2 heterocycles. The van der Waals surface area contributed by atoms with Crippen LogP contribution >= 0.6 is 11.8 Å². The van der Waals surface area contributed by atoms with Gasteiger partial charge in [-0.25, -0.2) is 12.4 Å². The summed E-state index contributed by atoms with van der Waals surface area (Å²) in [6.45, 7) is 0. The Kier molecular flexibility index (Phi) is 2.71. The maximum Gasteiger partial charge on any atom is 0.236 e. The lowest BCUT2D eigenvalue weighted by atomic mass is 10.1. The summed E-state index contributed by atoms with van der Waals surface area (Å²) in [4.78, 5) is 1.14. The van der Waals surface area contributed by atoms with E-state index in [9.17, 15) is 8.42 Å². The van der Waals surface area contributed by atoms with Gasteiger partial charge in [-0.3, -0.25) is 0 Å². The lowest BCUT2D eigenvalue weighted by Crippen LogP contribution is -2.12. The molecule has 106 valence electrons. The van der Waals surface area contributed by atoms with Crippen LogP contribution < -0.4 is 0 Å². The normalized spacial score (nSPS) is 14.0. The quantitative estimate of drug-likeness (QED) is 0.687. The molecule has 0 N–H and O–H groups in total. The van der Waals surface area contributed by atoms with E-state index < -0.39 is 10.0 Å². The van der Waals surface area contributed by atoms with Crippen LogP contribution in [0.3, 0.4) is 0 Å². The van der Waals surface area contributed by atoms with E-state index in [-0.39, 0.29) is 0 Å². The Morgan fingerprint density at radius 1 is 1.05 bits per heavy atom. The highest BCUT2D eigenvalue weighted by atomic mass is 32.2. The minimum Gasteiger partial charge on any atom is -0.237 e. The molecule has 1 aliphatic rings. The second-order valence-electron chi connectivity index (χ2n) is 5.16. The minimum absolute atomic E-state index is 0.766. The van der Waals surface area contributed by atoms with Crippen molar-refractivity contribution in [3.8, 4) is 11.3 Å². The molecule has 3 nitrogen and oxygen atoms in total. The predicted molar refractivity (Wildman–Crippen MR) is 87.2 cm³/mol. The Labute approximate surface area is 127 Å². The molecule has 0 spiro atoms. The number of thioether (sulfide) groups is 1. The van der Waals surface area contributed by atoms with Gasteiger partial charge in [-0.15, -0.1) is 11.8 Å². The zero-order valence-electron chi connectivity index (χ0n) is 11.4. The molecule has 0 fully saturated rings. The number of nitrogens with zero attached hydrogens (tertiary/aromatic N) is 1. The molecular formula is C16H13NO2S2. The average molecular weight is 315 g/mol. The minimum atomic E-state index is -3.36. The van der Waals surface area contributed by atoms with E-state index >= 15 is 0 Å². The van der Waals surface area contributed by atoms with Crippen LogP contribution in [0.5, 0.6) is 0 Å². The summed E-state index contributed by atoms with van der Waals surface area (Å²) in [5.41, 5.74) is 3.71. The summed E-state index contributed by atoms with van der Waals surface area (Å²) in [6, 6.07) is 15.7. The maximum absolute atomic E-state index is 12.3. The van der Waals surface area contributed by atoms with E-state index in [1.165, 1.54) is 10.2 Å². The van der Waals surface area contributed by atoms with Crippen LogP contribution in [0.25, 0.3) is 22.2 Å². The number of fused-ring (bicyclic) bond motifs is 5. The van der Waals surface area contributed by atoms with Crippen molar-refractivity contribution in [3.05, 3.63) is 54.1 Å². The van der Waals surface area contributed by atoms with Gasteiger partial charge in [-0.1, -0.05) is 36.4 Å². The van der Waals surface area contributed by atoms with Crippen LogP contribution in [0.2, 0.25) is 0 Å². The number of benzene rings is 2. The van der Waals surface area contributed by atoms with Crippen LogP contribution in [-0.4, -0.2) is 18.6 Å². The van der Waals surface area contributed by atoms with Crippen molar-refractivity contribution in [1.82, 2.24) is 3.97 Å². The summed E-state index contributed by atoms with van der Waals surface area (Å²) in [5, 5.41) is 1.03. The fraction of sp³-hybridized carbons (Fsp3) is 0.125. The summed E-state index contributed by atoms with van der Waals surface area (Å²) in [5.74, 6) is 0.801. The highest BCUT2D eigenvalue weighted by Crippen LogP contribution is 2.46. The van der Waals surface area contributed by atoms with Gasteiger partial charge in [-0.05, 0) is 17.7 Å². The summed E-state index contributed by atoms with van der Waals surface area (Å²) in [7, 11) is -3.36. The molecule has 0 radical (unpaired) electrons. The van der Waals surface area contributed by atoms with E-state index in [0.717, 1.165) is 38.4 Å². The largest absolute Gasteiger partial charge is 0.237 e. The summed E-state index contributed by atoms with van der Waals surface area (Å²) >= 11 is 1.76. The Bertz CT molecular complexity index is 971. The van der Waals surface area contributed by atoms with Crippen molar-refractivity contribution >= 4 is 32.7 Å². The van der Waals surface area contributed by atoms with Crippen molar-refractivity contribution < 1.29 is 8.42 Å². The Balaban J connectivity index is 2.24. The molecule has 0 atom stereocenters. The molecule has 1 aromatic heterocycles. The van der Waals surface area contributed by atoms with Gasteiger partial charge in [0.2, 0.25) is 10.0 Å². The standard InChI is InChI=1S/C16H13NO2S2/c1-21(18,19)17-14-8-4-2-6-11(14)13-10-20-15-9-5-3-7-12(15)16(13)17/h2-9H,10H2,1H3. The molecule has 0 amide bonds. The van der Waals surface area contributed by atoms with Gasteiger partial charge in [-0.2, -0.15) is 0 Å². The molecule has 0 saturated heterocycles. The van der Waals surface area contributed by atoms with Crippen LogP contribution in [0.4, 0.5) is 0 Å². The third kappa shape index (κ3) is 1.84. The number of hydrogen-bond acceptors (Lipinski definition) is 3. The zero-order valence-corrected chi connectivity index (χ0v) is 13.0. The SMILES string of the molecule is CS(=O)(=O)n1c2c(c3ccccc31)CSc1ccccc1-2. The van der Waals surface area contributed by atoms with Crippen LogP contribution in [0, 0.1) is 0 Å². The molecule has 4 rings (SSSR count). The van der Waals surface area contributed by atoms with E-state index in [2.05, 4.69) is 0 Å². The first kappa shape index (κ1) is 13.0. The Hall–Kier alpha value is -1.72. The monoisotopic (exact) mass is 315 g/mol. The molecule has 21 heavy (non-hydrogen) atoms. The fourth-order valence-electron chi connectivity index (χ4n) is 2.98. The van der Waals surface area contributed by atoms with Gasteiger partial charge in [0.05, 0.1) is 17.5 Å². The molecule has 0 unspecified atom stereocenters. The molecule has 2 aromatic carbocycles. The number of rotatable bonds is 1. The average Bonchev–Trinajstić information content (AvgIpc) is 2.82. The van der Waals surface area contributed by atoms with Crippen molar-refractivity contribution in [2.75, 3.05) is 6.26 Å². The van der Waals surface area contributed by atoms with Crippen molar-refractivity contribution in [2.24, 2.45) is 0 Å². The Morgan fingerprint density at radius 2 is 1.76 bits per heavy atom. The smallest absolute Gasteiger partial charge is 0.236 e. The second-order valence-corrected chi connectivity index (χ2v) is 8.00. The molecule has 3 aromatic rings. The summed E-state index contributed by atoms with van der Waals surface area (Å²) in [6.07, 6.45) is 1.27. The highest BCUT2D eigenvalue weighted by molar-refractivity contribution is 7.98. The van der Waals surface area contributed by atoms with Crippen LogP contribution in [-0.2, 0) is 15.8 Å².